The number of hydrogen-bond acceptors (Lipinski definition) is 4. The third kappa shape index (κ3) is 4.32. The van der Waals surface area contributed by atoms with Crippen molar-refractivity contribution >= 4 is 34.4 Å². The fraction of sp³-hybridized carbons (Fsp3) is 0.138. The van der Waals surface area contributed by atoms with Gasteiger partial charge in [-0.3, -0.25) is 4.79 Å². The van der Waals surface area contributed by atoms with Crippen LogP contribution in [0.1, 0.15) is 10.4 Å². The molecule has 0 N–H and O–H groups in total. The minimum atomic E-state index is -0.498. The van der Waals surface area contributed by atoms with Crippen molar-refractivity contribution in [2.75, 3.05) is 31.1 Å². The molecule has 0 spiro atoms. The van der Waals surface area contributed by atoms with Gasteiger partial charge >= 0.3 is 0 Å². The van der Waals surface area contributed by atoms with E-state index in [1.165, 1.54) is 12.1 Å². The summed E-state index contributed by atoms with van der Waals surface area (Å²) in [6.07, 6.45) is 3.64. The maximum absolute atomic E-state index is 14.2. The minimum absolute atomic E-state index is 0.102. The predicted molar refractivity (Wildman–Crippen MR) is 144 cm³/mol. The van der Waals surface area contributed by atoms with E-state index in [2.05, 4.69) is 28.2 Å². The third-order valence-corrected chi connectivity index (χ3v) is 6.94. The van der Waals surface area contributed by atoms with Gasteiger partial charge in [-0.15, -0.1) is 0 Å². The molecule has 0 aliphatic carbocycles. The van der Waals surface area contributed by atoms with Gasteiger partial charge in [-0.05, 0) is 35.9 Å². The van der Waals surface area contributed by atoms with Gasteiger partial charge in [0, 0.05) is 48.6 Å². The largest absolute Gasteiger partial charge is 0.352 e. The lowest BCUT2D eigenvalue weighted by atomic mass is 10.1. The Morgan fingerprint density at radius 1 is 0.865 bits per heavy atom. The van der Waals surface area contributed by atoms with E-state index in [1.54, 1.807) is 23.4 Å². The van der Waals surface area contributed by atoms with Crippen molar-refractivity contribution in [2.24, 2.45) is 0 Å². The second-order valence-corrected chi connectivity index (χ2v) is 9.35. The fourth-order valence-electron chi connectivity index (χ4n) is 4.87. The monoisotopic (exact) mass is 511 g/mol. The van der Waals surface area contributed by atoms with Crippen molar-refractivity contribution in [2.45, 2.75) is 0 Å². The molecule has 1 aliphatic rings. The van der Waals surface area contributed by atoms with E-state index < -0.39 is 5.82 Å². The van der Waals surface area contributed by atoms with Gasteiger partial charge in [0.25, 0.3) is 5.91 Å². The molecule has 0 bridgehead atoms. The van der Waals surface area contributed by atoms with E-state index in [1.807, 2.05) is 47.0 Å². The number of carbonyl (C=O) groups excluding carboxylic acids is 1. The topological polar surface area (TPSA) is 54.3 Å². The number of carbonyl (C=O) groups is 1. The number of hydrogen-bond donors (Lipinski definition) is 0. The van der Waals surface area contributed by atoms with Crippen molar-refractivity contribution in [3.8, 4) is 16.8 Å². The number of piperazine rings is 1. The first-order valence-electron chi connectivity index (χ1n) is 12.1. The molecule has 3 aromatic carbocycles. The van der Waals surface area contributed by atoms with E-state index >= 15 is 0 Å². The minimum Gasteiger partial charge on any atom is -0.352 e. The molecule has 1 aliphatic heterocycles. The Balaban J connectivity index is 1.38. The zero-order valence-electron chi connectivity index (χ0n) is 19.9. The molecule has 0 radical (unpaired) electrons. The van der Waals surface area contributed by atoms with Gasteiger partial charge in [-0.2, -0.15) is 0 Å². The number of benzene rings is 3. The molecule has 1 fully saturated rings. The van der Waals surface area contributed by atoms with Gasteiger partial charge < -0.3 is 14.4 Å². The molecule has 0 unspecified atom stereocenters. The number of amides is 1. The van der Waals surface area contributed by atoms with Crippen molar-refractivity contribution in [1.29, 1.82) is 0 Å². The highest BCUT2D eigenvalue weighted by atomic mass is 35.5. The van der Waals surface area contributed by atoms with Gasteiger partial charge in [-0.1, -0.05) is 60.1 Å². The fourth-order valence-corrected chi connectivity index (χ4v) is 5.06. The average molecular weight is 512 g/mol. The predicted octanol–water partition coefficient (Wildman–Crippen LogP) is 5.84. The summed E-state index contributed by atoms with van der Waals surface area (Å²) in [5, 5.41) is 1.58. The van der Waals surface area contributed by atoms with Crippen LogP contribution >= 0.6 is 11.6 Å². The maximum Gasteiger partial charge on any atom is 0.256 e. The first-order valence-corrected chi connectivity index (χ1v) is 12.4. The molecule has 5 aromatic rings. The van der Waals surface area contributed by atoms with Crippen LogP contribution in [0.3, 0.4) is 0 Å². The van der Waals surface area contributed by atoms with E-state index in [-0.39, 0.29) is 11.5 Å². The van der Waals surface area contributed by atoms with Crippen LogP contribution in [0.2, 0.25) is 5.02 Å². The Labute approximate surface area is 218 Å². The molecule has 3 heterocycles. The molecule has 1 saturated heterocycles. The Kier molecular flexibility index (Phi) is 6.06. The summed E-state index contributed by atoms with van der Waals surface area (Å²) in [7, 11) is 0. The molecule has 8 heteroatoms. The zero-order chi connectivity index (χ0) is 25.4. The second-order valence-electron chi connectivity index (χ2n) is 8.91. The summed E-state index contributed by atoms with van der Waals surface area (Å²) in [4.78, 5) is 26.2. The van der Waals surface area contributed by atoms with Gasteiger partial charge in [0.1, 0.15) is 18.0 Å². The summed E-state index contributed by atoms with van der Waals surface area (Å²) in [5.74, 6) is 0.0209. The van der Waals surface area contributed by atoms with Crippen LogP contribution in [0, 0.1) is 5.82 Å². The van der Waals surface area contributed by atoms with Crippen LogP contribution in [0.4, 0.5) is 10.2 Å². The molecular weight excluding hydrogens is 489 g/mol. The van der Waals surface area contributed by atoms with Crippen LogP contribution in [0.25, 0.3) is 27.8 Å². The SMILES string of the molecule is O=C(c1ccccc1F)N1CCN(c2ncnc3c2c(-c2ccccc2)cn3-c2cccc(Cl)c2)CC1. The number of fused-ring (bicyclic) bond motifs is 1. The average Bonchev–Trinajstić information content (AvgIpc) is 3.34. The lowest BCUT2D eigenvalue weighted by Gasteiger charge is -2.35. The zero-order valence-corrected chi connectivity index (χ0v) is 20.6. The van der Waals surface area contributed by atoms with Gasteiger partial charge in [0.15, 0.2) is 5.65 Å². The normalized spacial score (nSPS) is 13.8. The molecule has 6 nitrogen and oxygen atoms in total. The second kappa shape index (κ2) is 9.67. The summed E-state index contributed by atoms with van der Waals surface area (Å²) in [6.45, 7) is 2.08. The maximum atomic E-state index is 14.2. The smallest absolute Gasteiger partial charge is 0.256 e. The van der Waals surface area contributed by atoms with Crippen LogP contribution in [0.5, 0.6) is 0 Å². The van der Waals surface area contributed by atoms with Crippen LogP contribution in [0.15, 0.2) is 91.4 Å². The molecule has 0 atom stereocenters. The first-order chi connectivity index (χ1) is 18.1. The van der Waals surface area contributed by atoms with Crippen molar-refractivity contribution in [3.63, 3.8) is 0 Å². The highest BCUT2D eigenvalue weighted by Gasteiger charge is 2.27. The molecule has 37 heavy (non-hydrogen) atoms. The van der Waals surface area contributed by atoms with Gasteiger partial charge in [0.2, 0.25) is 0 Å². The summed E-state index contributed by atoms with van der Waals surface area (Å²) in [6, 6.07) is 23.9. The molecule has 0 saturated carbocycles. The van der Waals surface area contributed by atoms with E-state index in [9.17, 15) is 9.18 Å². The van der Waals surface area contributed by atoms with Gasteiger partial charge in [0.05, 0.1) is 10.9 Å². The van der Waals surface area contributed by atoms with Crippen molar-refractivity contribution in [3.05, 3.63) is 108 Å². The molecule has 1 amide bonds. The quantitative estimate of drug-likeness (QED) is 0.304. The highest BCUT2D eigenvalue weighted by molar-refractivity contribution is 6.30. The lowest BCUT2D eigenvalue weighted by molar-refractivity contribution is 0.0742. The summed E-state index contributed by atoms with van der Waals surface area (Å²) in [5.41, 5.74) is 3.85. The van der Waals surface area contributed by atoms with Gasteiger partial charge in [-0.25, -0.2) is 14.4 Å². The summed E-state index contributed by atoms with van der Waals surface area (Å²) >= 11 is 6.31. The first kappa shape index (κ1) is 23.2. The number of anilines is 1. The van der Waals surface area contributed by atoms with Crippen molar-refractivity contribution in [1.82, 2.24) is 19.4 Å². The van der Waals surface area contributed by atoms with Crippen LogP contribution in [-0.2, 0) is 0 Å². The Hall–Kier alpha value is -4.23. The highest BCUT2D eigenvalue weighted by Crippen LogP contribution is 2.37. The number of halogens is 2. The molecular formula is C29H23ClFN5O. The Bertz CT molecular complexity index is 1600. The van der Waals surface area contributed by atoms with E-state index in [0.29, 0.717) is 31.2 Å². The molecule has 6 rings (SSSR count). The standard InChI is InChI=1S/C29H23ClFN5O/c30-21-9-6-10-22(17-21)36-18-24(20-7-2-1-3-8-20)26-27(32-19-33-28(26)36)34-13-15-35(16-14-34)29(37)23-11-4-5-12-25(23)31/h1-12,17-19H,13-16H2. The third-order valence-electron chi connectivity index (χ3n) is 6.70. The molecule has 2 aromatic heterocycles. The van der Waals surface area contributed by atoms with E-state index in [0.717, 1.165) is 33.7 Å². The Morgan fingerprint density at radius 3 is 2.38 bits per heavy atom. The number of rotatable bonds is 4. The number of nitrogens with zero attached hydrogens (tertiary/aromatic N) is 5. The van der Waals surface area contributed by atoms with Crippen LogP contribution < -0.4 is 4.90 Å². The summed E-state index contributed by atoms with van der Waals surface area (Å²) < 4.78 is 16.2. The lowest BCUT2D eigenvalue weighted by Crippen LogP contribution is -2.49. The van der Waals surface area contributed by atoms with Crippen LogP contribution in [-0.4, -0.2) is 51.5 Å². The Morgan fingerprint density at radius 2 is 1.62 bits per heavy atom. The van der Waals surface area contributed by atoms with E-state index in [4.69, 9.17) is 16.6 Å². The van der Waals surface area contributed by atoms with Crippen molar-refractivity contribution < 1.29 is 9.18 Å². The molecule has 184 valence electrons. The number of aromatic nitrogens is 3.